The van der Waals surface area contributed by atoms with Gasteiger partial charge in [0, 0.05) is 49.5 Å². The van der Waals surface area contributed by atoms with Gasteiger partial charge in [0.15, 0.2) is 0 Å². The Balaban J connectivity index is 1.35. The van der Waals surface area contributed by atoms with Gasteiger partial charge in [0.2, 0.25) is 0 Å². The number of hydrogen-bond acceptors (Lipinski definition) is 3. The zero-order valence-corrected chi connectivity index (χ0v) is 13.3. The van der Waals surface area contributed by atoms with Crippen molar-refractivity contribution in [2.24, 2.45) is 0 Å². The molecule has 3 saturated heterocycles. The molecule has 2 unspecified atom stereocenters. The van der Waals surface area contributed by atoms with Gasteiger partial charge in [-0.2, -0.15) is 0 Å². The summed E-state index contributed by atoms with van der Waals surface area (Å²) in [6.07, 6.45) is 3.22. The molecular weight excluding hydrogens is 294 g/mol. The third-order valence-electron chi connectivity index (χ3n) is 4.81. The van der Waals surface area contributed by atoms with E-state index >= 15 is 0 Å². The van der Waals surface area contributed by atoms with Gasteiger partial charge in [-0.1, -0.05) is 29.8 Å². The summed E-state index contributed by atoms with van der Waals surface area (Å²) < 4.78 is 0. The molecule has 2 aromatic rings. The first-order valence-electron chi connectivity index (χ1n) is 7.90. The Morgan fingerprint density at radius 1 is 1.00 bits per heavy atom. The molecule has 0 radical (unpaired) electrons. The van der Waals surface area contributed by atoms with Gasteiger partial charge >= 0.3 is 0 Å². The van der Waals surface area contributed by atoms with Gasteiger partial charge in [0.25, 0.3) is 0 Å². The van der Waals surface area contributed by atoms with Gasteiger partial charge < -0.3 is 0 Å². The second kappa shape index (κ2) is 5.99. The Bertz CT molecular complexity index is 617. The summed E-state index contributed by atoms with van der Waals surface area (Å²) in [5, 5.41) is 0.814. The summed E-state index contributed by atoms with van der Waals surface area (Å²) in [6.45, 7) is 4.33. The van der Waals surface area contributed by atoms with Crippen molar-refractivity contribution in [3.05, 3.63) is 64.9 Å². The van der Waals surface area contributed by atoms with Crippen molar-refractivity contribution in [3.63, 3.8) is 0 Å². The summed E-state index contributed by atoms with van der Waals surface area (Å²) in [5.74, 6) is 0. The van der Waals surface area contributed by atoms with E-state index in [1.165, 1.54) is 17.7 Å². The first-order chi connectivity index (χ1) is 10.8. The lowest BCUT2D eigenvalue weighted by Crippen LogP contribution is -2.67. The van der Waals surface area contributed by atoms with E-state index in [4.69, 9.17) is 11.6 Å². The molecule has 22 heavy (non-hydrogen) atoms. The molecule has 3 aliphatic heterocycles. The van der Waals surface area contributed by atoms with Crippen LogP contribution in [0, 0.1) is 0 Å². The molecule has 0 amide bonds. The summed E-state index contributed by atoms with van der Waals surface area (Å²) >= 11 is 5.96. The van der Waals surface area contributed by atoms with Crippen LogP contribution >= 0.6 is 11.6 Å². The van der Waals surface area contributed by atoms with Gasteiger partial charge in [-0.05, 0) is 36.2 Å². The van der Waals surface area contributed by atoms with E-state index in [1.54, 1.807) is 0 Å². The number of piperidine rings is 1. The average Bonchev–Trinajstić information content (AvgIpc) is 2.55. The fourth-order valence-electron chi connectivity index (χ4n) is 3.68. The van der Waals surface area contributed by atoms with Crippen molar-refractivity contribution in [1.29, 1.82) is 0 Å². The van der Waals surface area contributed by atoms with E-state index in [-0.39, 0.29) is 0 Å². The number of fused-ring (bicyclic) bond motifs is 2. The van der Waals surface area contributed by atoms with Crippen LogP contribution in [0.15, 0.2) is 48.7 Å². The first-order valence-corrected chi connectivity index (χ1v) is 8.28. The van der Waals surface area contributed by atoms with Crippen molar-refractivity contribution >= 4 is 11.6 Å². The van der Waals surface area contributed by atoms with Crippen molar-refractivity contribution in [2.45, 2.75) is 31.6 Å². The number of aromatic nitrogens is 1. The second-order valence-corrected chi connectivity index (χ2v) is 6.79. The predicted octanol–water partition coefficient (Wildman–Crippen LogP) is 3.19. The summed E-state index contributed by atoms with van der Waals surface area (Å²) in [6, 6.07) is 15.8. The molecule has 114 valence electrons. The minimum Gasteiger partial charge on any atom is -0.294 e. The maximum atomic E-state index is 5.96. The molecule has 1 aromatic heterocycles. The maximum Gasteiger partial charge on any atom is 0.0543 e. The van der Waals surface area contributed by atoms with Crippen LogP contribution in [0.1, 0.15) is 17.7 Å². The SMILES string of the molecule is Clc1ccc(CN2C3CC2CN(Cc2ccccn2)C3)cc1. The smallest absolute Gasteiger partial charge is 0.0543 e. The van der Waals surface area contributed by atoms with Gasteiger partial charge in [0.05, 0.1) is 5.69 Å². The van der Waals surface area contributed by atoms with E-state index in [0.717, 1.165) is 31.2 Å². The normalized spacial score (nSPS) is 25.0. The lowest BCUT2D eigenvalue weighted by Gasteiger charge is -2.56. The lowest BCUT2D eigenvalue weighted by atomic mass is 9.86. The van der Waals surface area contributed by atoms with E-state index in [1.807, 2.05) is 24.4 Å². The van der Waals surface area contributed by atoms with Gasteiger partial charge in [-0.15, -0.1) is 0 Å². The highest BCUT2D eigenvalue weighted by atomic mass is 35.5. The first kappa shape index (κ1) is 14.2. The number of hydrogen-bond donors (Lipinski definition) is 0. The molecule has 4 heterocycles. The number of pyridine rings is 1. The van der Waals surface area contributed by atoms with Gasteiger partial charge in [0.1, 0.15) is 0 Å². The topological polar surface area (TPSA) is 19.4 Å². The molecule has 2 bridgehead atoms. The molecule has 3 nitrogen and oxygen atoms in total. The van der Waals surface area contributed by atoms with Crippen LogP contribution in [0.2, 0.25) is 5.02 Å². The Labute approximate surface area is 136 Å². The van der Waals surface area contributed by atoms with Crippen molar-refractivity contribution < 1.29 is 0 Å². The highest BCUT2D eigenvalue weighted by Gasteiger charge is 2.44. The number of halogens is 1. The average molecular weight is 314 g/mol. The molecule has 5 rings (SSSR count). The molecule has 0 spiro atoms. The molecular formula is C18H20ClN3. The molecule has 2 atom stereocenters. The molecule has 3 fully saturated rings. The summed E-state index contributed by atoms with van der Waals surface area (Å²) in [7, 11) is 0. The molecule has 0 N–H and O–H groups in total. The minimum absolute atomic E-state index is 0.693. The Morgan fingerprint density at radius 3 is 2.45 bits per heavy atom. The number of nitrogens with zero attached hydrogens (tertiary/aromatic N) is 3. The van der Waals surface area contributed by atoms with Crippen molar-refractivity contribution in [2.75, 3.05) is 13.1 Å². The largest absolute Gasteiger partial charge is 0.294 e. The minimum atomic E-state index is 0.693. The Kier molecular flexibility index (Phi) is 3.87. The van der Waals surface area contributed by atoms with Gasteiger partial charge in [-0.25, -0.2) is 0 Å². The van der Waals surface area contributed by atoms with E-state index < -0.39 is 0 Å². The maximum absolute atomic E-state index is 5.96. The fraction of sp³-hybridized carbons (Fsp3) is 0.389. The molecule has 4 heteroatoms. The lowest BCUT2D eigenvalue weighted by molar-refractivity contribution is -0.0777. The number of piperazine rings is 1. The molecule has 0 saturated carbocycles. The van der Waals surface area contributed by atoms with Crippen LogP contribution in [0.25, 0.3) is 0 Å². The standard InChI is InChI=1S/C18H20ClN3/c19-15-6-4-14(5-7-15)10-22-17-9-18(22)13-21(12-17)11-16-3-1-2-8-20-16/h1-8,17-18H,9-13H2. The molecule has 1 aromatic carbocycles. The zero-order chi connectivity index (χ0) is 14.9. The van der Waals surface area contributed by atoms with Crippen LogP contribution in [0.5, 0.6) is 0 Å². The van der Waals surface area contributed by atoms with Crippen LogP contribution in [0.4, 0.5) is 0 Å². The third-order valence-corrected chi connectivity index (χ3v) is 5.06. The van der Waals surface area contributed by atoms with Crippen LogP contribution in [-0.4, -0.2) is 40.0 Å². The monoisotopic (exact) mass is 313 g/mol. The van der Waals surface area contributed by atoms with Crippen molar-refractivity contribution in [3.8, 4) is 0 Å². The molecule has 0 aliphatic carbocycles. The quantitative estimate of drug-likeness (QED) is 0.864. The van der Waals surface area contributed by atoms with Gasteiger partial charge in [-0.3, -0.25) is 14.8 Å². The zero-order valence-electron chi connectivity index (χ0n) is 12.5. The van der Waals surface area contributed by atoms with E-state index in [9.17, 15) is 0 Å². The highest BCUT2D eigenvalue weighted by Crippen LogP contribution is 2.34. The highest BCUT2D eigenvalue weighted by molar-refractivity contribution is 6.30. The third kappa shape index (κ3) is 2.89. The fourth-order valence-corrected chi connectivity index (χ4v) is 3.81. The number of rotatable bonds is 4. The van der Waals surface area contributed by atoms with E-state index in [2.05, 4.69) is 39.0 Å². The Hall–Kier alpha value is -1.42. The van der Waals surface area contributed by atoms with Crippen LogP contribution in [-0.2, 0) is 13.1 Å². The second-order valence-electron chi connectivity index (χ2n) is 6.36. The number of benzene rings is 1. The summed E-state index contributed by atoms with van der Waals surface area (Å²) in [4.78, 5) is 9.62. The van der Waals surface area contributed by atoms with Crippen molar-refractivity contribution in [1.82, 2.24) is 14.8 Å². The van der Waals surface area contributed by atoms with E-state index in [0.29, 0.717) is 12.1 Å². The Morgan fingerprint density at radius 2 is 1.77 bits per heavy atom. The van der Waals surface area contributed by atoms with Crippen LogP contribution in [0.3, 0.4) is 0 Å². The van der Waals surface area contributed by atoms with Crippen LogP contribution < -0.4 is 0 Å². The predicted molar refractivity (Wildman–Crippen MR) is 88.7 cm³/mol. The molecule has 3 aliphatic rings. The summed E-state index contributed by atoms with van der Waals surface area (Å²) in [5.41, 5.74) is 2.53.